The SMILES string of the molecule is COCCN(CCO)C(=O)c1cnc2ccccn2c1=O. The number of pyridine rings is 1. The topological polar surface area (TPSA) is 84.1 Å². The number of methoxy groups -OCH3 is 1. The molecule has 7 nitrogen and oxygen atoms in total. The molecule has 0 aliphatic carbocycles. The largest absolute Gasteiger partial charge is 0.395 e. The van der Waals surface area contributed by atoms with E-state index in [0.29, 0.717) is 18.8 Å². The van der Waals surface area contributed by atoms with Crippen molar-refractivity contribution in [2.45, 2.75) is 0 Å². The normalized spacial score (nSPS) is 10.8. The van der Waals surface area contributed by atoms with Crippen molar-refractivity contribution in [1.29, 1.82) is 0 Å². The molecule has 1 N–H and O–H groups in total. The Hall–Kier alpha value is -2.25. The molecule has 0 saturated heterocycles. The van der Waals surface area contributed by atoms with Crippen molar-refractivity contribution in [2.75, 3.05) is 33.4 Å². The van der Waals surface area contributed by atoms with Crippen LogP contribution in [0.15, 0.2) is 35.4 Å². The molecule has 0 spiro atoms. The van der Waals surface area contributed by atoms with Gasteiger partial charge >= 0.3 is 0 Å². The third-order valence-electron chi connectivity index (χ3n) is 3.07. The van der Waals surface area contributed by atoms with E-state index in [4.69, 9.17) is 9.84 Å². The first-order valence-corrected chi connectivity index (χ1v) is 6.54. The smallest absolute Gasteiger partial charge is 0.270 e. The zero-order chi connectivity index (χ0) is 15.2. The number of nitrogens with zero attached hydrogens (tertiary/aromatic N) is 3. The summed E-state index contributed by atoms with van der Waals surface area (Å²) < 4.78 is 6.25. The first-order valence-electron chi connectivity index (χ1n) is 6.54. The molecule has 0 bridgehead atoms. The molecule has 0 aliphatic rings. The number of rotatable bonds is 6. The third-order valence-corrected chi connectivity index (χ3v) is 3.07. The maximum Gasteiger partial charge on any atom is 0.270 e. The van der Waals surface area contributed by atoms with Gasteiger partial charge in [0.2, 0.25) is 0 Å². The van der Waals surface area contributed by atoms with E-state index in [1.165, 1.54) is 22.6 Å². The molecular formula is C14H17N3O4. The lowest BCUT2D eigenvalue weighted by Crippen LogP contribution is -2.39. The number of amides is 1. The minimum atomic E-state index is -0.461. The summed E-state index contributed by atoms with van der Waals surface area (Å²) in [5.74, 6) is -0.461. The van der Waals surface area contributed by atoms with E-state index < -0.39 is 11.5 Å². The lowest BCUT2D eigenvalue weighted by atomic mass is 10.2. The first-order chi connectivity index (χ1) is 10.2. The summed E-state index contributed by atoms with van der Waals surface area (Å²) in [4.78, 5) is 30.2. The molecule has 0 fully saturated rings. The van der Waals surface area contributed by atoms with Crippen molar-refractivity contribution in [3.8, 4) is 0 Å². The summed E-state index contributed by atoms with van der Waals surface area (Å²) in [6.45, 7) is 0.581. The minimum Gasteiger partial charge on any atom is -0.395 e. The van der Waals surface area contributed by atoms with Crippen molar-refractivity contribution in [2.24, 2.45) is 0 Å². The van der Waals surface area contributed by atoms with Gasteiger partial charge in [-0.1, -0.05) is 6.07 Å². The van der Waals surface area contributed by atoms with Gasteiger partial charge in [-0.25, -0.2) is 4.98 Å². The van der Waals surface area contributed by atoms with Gasteiger partial charge in [-0.15, -0.1) is 0 Å². The standard InChI is InChI=1S/C14H17N3O4/c1-21-9-7-16(6-8-18)13(19)11-10-15-12-4-2-3-5-17(12)14(11)20/h2-5,10,18H,6-9H2,1H3. The Morgan fingerprint density at radius 1 is 1.43 bits per heavy atom. The van der Waals surface area contributed by atoms with Gasteiger partial charge in [0.05, 0.1) is 13.2 Å². The lowest BCUT2D eigenvalue weighted by molar-refractivity contribution is 0.0654. The number of aliphatic hydroxyl groups is 1. The Morgan fingerprint density at radius 2 is 2.24 bits per heavy atom. The summed E-state index contributed by atoms with van der Waals surface area (Å²) in [5, 5.41) is 9.04. The van der Waals surface area contributed by atoms with E-state index in [2.05, 4.69) is 4.98 Å². The molecule has 0 aromatic carbocycles. The monoisotopic (exact) mass is 291 g/mol. The van der Waals surface area contributed by atoms with Crippen LogP contribution in [-0.4, -0.2) is 58.7 Å². The fourth-order valence-corrected chi connectivity index (χ4v) is 1.98. The van der Waals surface area contributed by atoms with Gasteiger partial charge in [-0.05, 0) is 12.1 Å². The van der Waals surface area contributed by atoms with Gasteiger partial charge in [-0.2, -0.15) is 0 Å². The fraction of sp³-hybridized carbons (Fsp3) is 0.357. The molecule has 2 heterocycles. The molecule has 2 aromatic rings. The highest BCUT2D eigenvalue weighted by Gasteiger charge is 2.19. The summed E-state index contributed by atoms with van der Waals surface area (Å²) >= 11 is 0. The van der Waals surface area contributed by atoms with Crippen LogP contribution in [0.25, 0.3) is 5.65 Å². The van der Waals surface area contributed by atoms with Gasteiger partial charge in [0.15, 0.2) is 0 Å². The van der Waals surface area contributed by atoms with E-state index >= 15 is 0 Å². The maximum atomic E-state index is 12.4. The summed E-state index contributed by atoms with van der Waals surface area (Å²) in [6.07, 6.45) is 2.84. The second-order valence-corrected chi connectivity index (χ2v) is 4.41. The van der Waals surface area contributed by atoms with Crippen LogP contribution in [-0.2, 0) is 4.74 Å². The van der Waals surface area contributed by atoms with E-state index in [-0.39, 0.29) is 18.7 Å². The molecule has 0 saturated carbocycles. The average Bonchev–Trinajstić information content (AvgIpc) is 2.51. The van der Waals surface area contributed by atoms with Crippen LogP contribution in [0.1, 0.15) is 10.4 Å². The Morgan fingerprint density at radius 3 is 2.95 bits per heavy atom. The molecule has 0 aliphatic heterocycles. The van der Waals surface area contributed by atoms with Gasteiger partial charge in [0, 0.05) is 32.6 Å². The molecule has 0 radical (unpaired) electrons. The summed E-state index contributed by atoms with van der Waals surface area (Å²) in [5.41, 5.74) is 0.0267. The van der Waals surface area contributed by atoms with Crippen molar-refractivity contribution >= 4 is 11.6 Å². The number of hydrogen-bond acceptors (Lipinski definition) is 5. The quantitative estimate of drug-likeness (QED) is 0.795. The molecular weight excluding hydrogens is 274 g/mol. The number of aliphatic hydroxyl groups excluding tert-OH is 1. The summed E-state index contributed by atoms with van der Waals surface area (Å²) in [6, 6.07) is 5.15. The highest BCUT2D eigenvalue weighted by molar-refractivity contribution is 5.93. The van der Waals surface area contributed by atoms with Crippen molar-refractivity contribution in [3.63, 3.8) is 0 Å². The number of hydrogen-bond donors (Lipinski definition) is 1. The Kier molecular flexibility index (Phi) is 5.02. The van der Waals surface area contributed by atoms with Gasteiger partial charge in [-0.3, -0.25) is 14.0 Å². The first kappa shape index (κ1) is 15.1. The predicted molar refractivity (Wildman–Crippen MR) is 76.3 cm³/mol. The minimum absolute atomic E-state index is 0.0248. The van der Waals surface area contributed by atoms with E-state index in [1.807, 2.05) is 0 Å². The maximum absolute atomic E-state index is 12.4. The molecule has 112 valence electrons. The zero-order valence-corrected chi connectivity index (χ0v) is 11.7. The molecule has 2 rings (SSSR count). The average molecular weight is 291 g/mol. The Balaban J connectivity index is 2.37. The van der Waals surface area contributed by atoms with Crippen LogP contribution in [0.3, 0.4) is 0 Å². The zero-order valence-electron chi connectivity index (χ0n) is 11.7. The van der Waals surface area contributed by atoms with Crippen LogP contribution in [0.2, 0.25) is 0 Å². The van der Waals surface area contributed by atoms with Crippen LogP contribution in [0.5, 0.6) is 0 Å². The fourth-order valence-electron chi connectivity index (χ4n) is 1.98. The molecule has 0 atom stereocenters. The Bertz CT molecular complexity index is 683. The molecule has 2 aromatic heterocycles. The number of carbonyl (C=O) groups excluding carboxylic acids is 1. The lowest BCUT2D eigenvalue weighted by Gasteiger charge is -2.21. The van der Waals surface area contributed by atoms with Crippen molar-refractivity contribution in [3.05, 3.63) is 46.5 Å². The Labute approximate surface area is 121 Å². The third kappa shape index (κ3) is 3.26. The predicted octanol–water partition coefficient (Wildman–Crippen LogP) is -0.225. The van der Waals surface area contributed by atoms with Gasteiger partial charge in [0.25, 0.3) is 11.5 Å². The van der Waals surface area contributed by atoms with Gasteiger partial charge < -0.3 is 14.7 Å². The van der Waals surface area contributed by atoms with E-state index in [0.717, 1.165) is 0 Å². The second kappa shape index (κ2) is 6.96. The van der Waals surface area contributed by atoms with Crippen LogP contribution < -0.4 is 5.56 Å². The summed E-state index contributed by atoms with van der Waals surface area (Å²) in [7, 11) is 1.52. The van der Waals surface area contributed by atoms with Gasteiger partial charge in [0.1, 0.15) is 11.2 Å². The number of ether oxygens (including phenoxy) is 1. The molecule has 21 heavy (non-hydrogen) atoms. The molecule has 7 heteroatoms. The van der Waals surface area contributed by atoms with Crippen LogP contribution in [0, 0.1) is 0 Å². The van der Waals surface area contributed by atoms with Crippen LogP contribution >= 0.6 is 0 Å². The highest BCUT2D eigenvalue weighted by atomic mass is 16.5. The second-order valence-electron chi connectivity index (χ2n) is 4.41. The number of carbonyl (C=O) groups is 1. The highest BCUT2D eigenvalue weighted by Crippen LogP contribution is 2.02. The van der Waals surface area contributed by atoms with E-state index in [9.17, 15) is 9.59 Å². The van der Waals surface area contributed by atoms with E-state index in [1.54, 1.807) is 24.4 Å². The van der Waals surface area contributed by atoms with Crippen LogP contribution in [0.4, 0.5) is 0 Å². The molecule has 1 amide bonds. The number of fused-ring (bicyclic) bond motifs is 1. The number of aromatic nitrogens is 2. The molecule has 0 unspecified atom stereocenters. The van der Waals surface area contributed by atoms with Crippen molar-refractivity contribution in [1.82, 2.24) is 14.3 Å². The van der Waals surface area contributed by atoms with Crippen molar-refractivity contribution < 1.29 is 14.6 Å².